The van der Waals surface area contributed by atoms with Crippen LogP contribution in [0.25, 0.3) is 0 Å². The number of carbonyl (C=O) groups excluding carboxylic acids is 2. The monoisotopic (exact) mass is 308 g/mol. The quantitative estimate of drug-likeness (QED) is 0.607. The van der Waals surface area contributed by atoms with Crippen LogP contribution in [0.2, 0.25) is 0 Å². The van der Waals surface area contributed by atoms with Crippen LogP contribution in [0.1, 0.15) is 20.7 Å². The second-order valence-electron chi connectivity index (χ2n) is 5.45. The predicted octanol–water partition coefficient (Wildman–Crippen LogP) is 3.26. The minimum Gasteiger partial charge on any atom is -0.461 e. The molecule has 4 nitrogen and oxygen atoms in total. The summed E-state index contributed by atoms with van der Waals surface area (Å²) in [5.74, 6) is -0.763. The van der Waals surface area contributed by atoms with Crippen LogP contribution in [0, 0.1) is 5.41 Å². The van der Waals surface area contributed by atoms with Crippen molar-refractivity contribution in [2.75, 3.05) is 13.2 Å². The van der Waals surface area contributed by atoms with Crippen molar-refractivity contribution in [3.8, 4) is 0 Å². The van der Waals surface area contributed by atoms with Crippen molar-refractivity contribution < 1.29 is 19.1 Å². The Morgan fingerprint density at radius 1 is 0.696 bits per heavy atom. The molecule has 0 fully saturated rings. The van der Waals surface area contributed by atoms with Gasteiger partial charge < -0.3 is 9.47 Å². The maximum Gasteiger partial charge on any atom is 0.338 e. The molecule has 0 bridgehead atoms. The number of ether oxygens (including phenoxy) is 2. The molecular weight excluding hydrogens is 292 g/mol. The first-order chi connectivity index (χ1) is 11.2. The van der Waals surface area contributed by atoms with Crippen LogP contribution >= 0.6 is 0 Å². The van der Waals surface area contributed by atoms with Crippen molar-refractivity contribution in [3.63, 3.8) is 0 Å². The molecule has 0 unspecified atom stereocenters. The van der Waals surface area contributed by atoms with E-state index >= 15 is 0 Å². The van der Waals surface area contributed by atoms with E-state index in [-0.39, 0.29) is 25.2 Å². The summed E-state index contributed by atoms with van der Waals surface area (Å²) in [7, 11) is 0. The number of carbonyl (C=O) groups is 2. The average Bonchev–Trinajstić information content (AvgIpc) is 3.39. The molecule has 0 amide bonds. The van der Waals surface area contributed by atoms with E-state index < -0.39 is 5.41 Å². The lowest BCUT2D eigenvalue weighted by Crippen LogP contribution is -2.23. The Kier molecular flexibility index (Phi) is 4.24. The maximum atomic E-state index is 11.9. The summed E-state index contributed by atoms with van der Waals surface area (Å²) in [6, 6.07) is 17.6. The van der Waals surface area contributed by atoms with Gasteiger partial charge in [-0.1, -0.05) is 48.6 Å². The number of hydrogen-bond donors (Lipinski definition) is 0. The third-order valence-corrected chi connectivity index (χ3v) is 3.60. The Morgan fingerprint density at radius 3 is 1.43 bits per heavy atom. The Morgan fingerprint density at radius 2 is 1.09 bits per heavy atom. The zero-order valence-electron chi connectivity index (χ0n) is 12.5. The van der Waals surface area contributed by atoms with Crippen molar-refractivity contribution in [3.05, 3.63) is 83.9 Å². The molecule has 2 aromatic rings. The number of hydrogen-bond acceptors (Lipinski definition) is 4. The molecule has 0 spiro atoms. The highest BCUT2D eigenvalue weighted by Gasteiger charge is 2.37. The zero-order chi connectivity index (χ0) is 16.1. The summed E-state index contributed by atoms with van der Waals surface area (Å²) < 4.78 is 10.6. The third-order valence-electron chi connectivity index (χ3n) is 3.60. The van der Waals surface area contributed by atoms with Crippen molar-refractivity contribution in [1.29, 1.82) is 0 Å². The molecular formula is C19H16O4. The summed E-state index contributed by atoms with van der Waals surface area (Å²) in [6.07, 6.45) is 3.76. The Labute approximate surface area is 134 Å². The molecule has 0 aliphatic heterocycles. The lowest BCUT2D eigenvalue weighted by atomic mass is 10.1. The van der Waals surface area contributed by atoms with E-state index in [4.69, 9.17) is 9.47 Å². The van der Waals surface area contributed by atoms with Gasteiger partial charge in [0, 0.05) is 0 Å². The highest BCUT2D eigenvalue weighted by atomic mass is 16.5. The van der Waals surface area contributed by atoms with Crippen molar-refractivity contribution >= 4 is 11.9 Å². The predicted molar refractivity (Wildman–Crippen MR) is 85.0 cm³/mol. The molecule has 0 radical (unpaired) electrons. The molecule has 0 saturated carbocycles. The van der Waals surface area contributed by atoms with Crippen LogP contribution in [0.3, 0.4) is 0 Å². The first-order valence-corrected chi connectivity index (χ1v) is 7.33. The molecule has 4 heteroatoms. The van der Waals surface area contributed by atoms with Gasteiger partial charge in [-0.2, -0.15) is 0 Å². The van der Waals surface area contributed by atoms with Crippen LogP contribution in [0.15, 0.2) is 72.8 Å². The molecule has 116 valence electrons. The van der Waals surface area contributed by atoms with Gasteiger partial charge >= 0.3 is 11.9 Å². The van der Waals surface area contributed by atoms with Gasteiger partial charge in [-0.05, 0) is 24.3 Å². The van der Waals surface area contributed by atoms with Crippen molar-refractivity contribution in [2.24, 2.45) is 5.41 Å². The smallest absolute Gasteiger partial charge is 0.338 e. The van der Waals surface area contributed by atoms with Gasteiger partial charge in [-0.15, -0.1) is 0 Å². The molecule has 3 rings (SSSR count). The fraction of sp³-hybridized carbons (Fsp3) is 0.158. The van der Waals surface area contributed by atoms with Crippen LogP contribution in [0.5, 0.6) is 0 Å². The van der Waals surface area contributed by atoms with E-state index in [9.17, 15) is 9.59 Å². The zero-order valence-corrected chi connectivity index (χ0v) is 12.5. The molecule has 1 aliphatic carbocycles. The third kappa shape index (κ3) is 3.86. The average molecular weight is 308 g/mol. The van der Waals surface area contributed by atoms with Crippen LogP contribution in [-0.4, -0.2) is 25.2 Å². The highest BCUT2D eigenvalue weighted by molar-refractivity contribution is 5.90. The van der Waals surface area contributed by atoms with Crippen molar-refractivity contribution in [1.82, 2.24) is 0 Å². The van der Waals surface area contributed by atoms with E-state index in [1.165, 1.54) is 0 Å². The summed E-state index contributed by atoms with van der Waals surface area (Å²) in [4.78, 5) is 23.8. The van der Waals surface area contributed by atoms with Gasteiger partial charge in [-0.3, -0.25) is 0 Å². The molecule has 0 heterocycles. The van der Waals surface area contributed by atoms with E-state index in [1.807, 2.05) is 24.3 Å². The molecule has 23 heavy (non-hydrogen) atoms. The largest absolute Gasteiger partial charge is 0.461 e. The summed E-state index contributed by atoms with van der Waals surface area (Å²) in [5.41, 5.74) is 0.545. The minimum absolute atomic E-state index is 0.169. The van der Waals surface area contributed by atoms with Gasteiger partial charge in [0.15, 0.2) is 0 Å². The number of benzene rings is 2. The maximum absolute atomic E-state index is 11.9. The van der Waals surface area contributed by atoms with Crippen molar-refractivity contribution in [2.45, 2.75) is 0 Å². The Balaban J connectivity index is 1.49. The van der Waals surface area contributed by atoms with Gasteiger partial charge in [-0.25, -0.2) is 9.59 Å². The van der Waals surface area contributed by atoms with E-state index in [1.54, 1.807) is 48.5 Å². The first kappa shape index (κ1) is 15.0. The van der Waals surface area contributed by atoms with Crippen LogP contribution in [0.4, 0.5) is 0 Å². The molecule has 0 N–H and O–H groups in total. The molecule has 2 aromatic carbocycles. The molecule has 1 aliphatic rings. The number of rotatable bonds is 6. The topological polar surface area (TPSA) is 52.6 Å². The van der Waals surface area contributed by atoms with Crippen LogP contribution < -0.4 is 0 Å². The number of esters is 2. The van der Waals surface area contributed by atoms with E-state index in [0.29, 0.717) is 11.1 Å². The van der Waals surface area contributed by atoms with Gasteiger partial charge in [0.05, 0.1) is 16.5 Å². The minimum atomic E-state index is -0.463. The van der Waals surface area contributed by atoms with Crippen LogP contribution in [-0.2, 0) is 9.47 Å². The lowest BCUT2D eigenvalue weighted by Gasteiger charge is -2.16. The van der Waals surface area contributed by atoms with Gasteiger partial charge in [0.25, 0.3) is 0 Å². The molecule has 0 atom stereocenters. The first-order valence-electron chi connectivity index (χ1n) is 7.33. The SMILES string of the molecule is O=C(OCC1(COC(=O)c2ccccc2)C=C1)c1ccccc1. The standard InChI is InChI=1S/C19H16O4/c20-17(15-7-3-1-4-8-15)22-13-19(11-12-19)14-23-18(21)16-9-5-2-6-10-16/h1-12H,13-14H2. The highest BCUT2D eigenvalue weighted by Crippen LogP contribution is 2.35. The van der Waals surface area contributed by atoms with E-state index in [2.05, 4.69) is 0 Å². The van der Waals surface area contributed by atoms with Gasteiger partial charge in [0.1, 0.15) is 13.2 Å². The normalized spacial score (nSPS) is 14.1. The fourth-order valence-corrected chi connectivity index (χ4v) is 2.07. The second kappa shape index (κ2) is 6.48. The van der Waals surface area contributed by atoms with E-state index in [0.717, 1.165) is 0 Å². The lowest BCUT2D eigenvalue weighted by molar-refractivity contribution is 0.0255. The summed E-state index contributed by atoms with van der Waals surface area (Å²) in [6.45, 7) is 0.339. The Hall–Kier alpha value is -2.88. The Bertz CT molecular complexity index is 656. The fourth-order valence-electron chi connectivity index (χ4n) is 2.07. The van der Waals surface area contributed by atoms with Gasteiger partial charge in [0.2, 0.25) is 0 Å². The molecule has 0 aromatic heterocycles. The summed E-state index contributed by atoms with van der Waals surface area (Å²) in [5, 5.41) is 0. The second-order valence-corrected chi connectivity index (χ2v) is 5.45. The molecule has 0 saturated heterocycles. The summed E-state index contributed by atoms with van der Waals surface area (Å²) >= 11 is 0.